The number of hydrogen-bond donors (Lipinski definition) is 3. The van der Waals surface area contributed by atoms with Crippen molar-refractivity contribution in [2.75, 3.05) is 12.8 Å². The van der Waals surface area contributed by atoms with Gasteiger partial charge in [-0.15, -0.1) is 0 Å². The molecule has 0 heterocycles. The van der Waals surface area contributed by atoms with E-state index in [1.165, 1.54) is 19.2 Å². The summed E-state index contributed by atoms with van der Waals surface area (Å²) in [6, 6.07) is 2.39. The van der Waals surface area contributed by atoms with Crippen LogP contribution in [0.1, 0.15) is 25.7 Å². The number of nitrogens with one attached hydrogen (secondary N) is 1. The van der Waals surface area contributed by atoms with E-state index in [1.54, 1.807) is 0 Å². The molecule has 0 amide bonds. The molecule has 1 aromatic carbocycles. The molecule has 8 heteroatoms. The van der Waals surface area contributed by atoms with Crippen molar-refractivity contribution in [2.45, 2.75) is 42.7 Å². The lowest BCUT2D eigenvalue weighted by atomic mass is 9.93. The zero-order valence-corrected chi connectivity index (χ0v) is 14.1. The number of ether oxygens (including phenoxy) is 1. The van der Waals surface area contributed by atoms with Gasteiger partial charge in [-0.25, -0.2) is 13.1 Å². The number of benzene rings is 1. The van der Waals surface area contributed by atoms with Crippen molar-refractivity contribution in [3.8, 4) is 5.75 Å². The van der Waals surface area contributed by atoms with Crippen molar-refractivity contribution >= 4 is 31.6 Å². The van der Waals surface area contributed by atoms with Crippen LogP contribution in [0.5, 0.6) is 5.75 Å². The molecule has 21 heavy (non-hydrogen) atoms. The lowest BCUT2D eigenvalue weighted by molar-refractivity contribution is 0.101. The average Bonchev–Trinajstić information content (AvgIpc) is 2.43. The van der Waals surface area contributed by atoms with Crippen LogP contribution in [0.2, 0.25) is 0 Å². The average molecular weight is 379 g/mol. The highest BCUT2D eigenvalue weighted by molar-refractivity contribution is 9.10. The highest BCUT2D eigenvalue weighted by Crippen LogP contribution is 2.33. The molecular formula is C13H19BrN2O4S. The van der Waals surface area contributed by atoms with E-state index in [9.17, 15) is 13.5 Å². The van der Waals surface area contributed by atoms with Crippen LogP contribution in [0.3, 0.4) is 0 Å². The van der Waals surface area contributed by atoms with Gasteiger partial charge in [0.15, 0.2) is 0 Å². The summed E-state index contributed by atoms with van der Waals surface area (Å²) in [5.74, 6) is 0.203. The van der Waals surface area contributed by atoms with Crippen molar-refractivity contribution < 1.29 is 18.3 Å². The molecule has 1 aromatic rings. The summed E-state index contributed by atoms with van der Waals surface area (Å²) in [6.07, 6.45) is 2.37. The second-order valence-electron chi connectivity index (χ2n) is 5.10. The molecule has 6 nitrogen and oxygen atoms in total. The zero-order valence-electron chi connectivity index (χ0n) is 11.7. The van der Waals surface area contributed by atoms with Crippen molar-refractivity contribution in [3.63, 3.8) is 0 Å². The van der Waals surface area contributed by atoms with Crippen molar-refractivity contribution in [1.82, 2.24) is 4.72 Å². The van der Waals surface area contributed by atoms with E-state index in [4.69, 9.17) is 10.5 Å². The predicted molar refractivity (Wildman–Crippen MR) is 83.7 cm³/mol. The van der Waals surface area contributed by atoms with Gasteiger partial charge in [0.2, 0.25) is 10.0 Å². The Morgan fingerprint density at radius 1 is 1.38 bits per heavy atom. The van der Waals surface area contributed by atoms with Gasteiger partial charge in [0.05, 0.1) is 13.2 Å². The van der Waals surface area contributed by atoms with E-state index in [0.717, 1.165) is 12.8 Å². The van der Waals surface area contributed by atoms with Gasteiger partial charge in [0.1, 0.15) is 10.6 Å². The Morgan fingerprint density at radius 2 is 2.05 bits per heavy atom. The minimum atomic E-state index is -3.81. The third kappa shape index (κ3) is 3.68. The Morgan fingerprint density at radius 3 is 2.67 bits per heavy atom. The third-order valence-electron chi connectivity index (χ3n) is 3.61. The van der Waals surface area contributed by atoms with Crippen LogP contribution < -0.4 is 15.2 Å². The van der Waals surface area contributed by atoms with E-state index in [2.05, 4.69) is 20.7 Å². The van der Waals surface area contributed by atoms with Gasteiger partial charge in [-0.2, -0.15) is 0 Å². The minimum absolute atomic E-state index is 0.0246. The number of halogens is 1. The molecule has 118 valence electrons. The van der Waals surface area contributed by atoms with Crippen molar-refractivity contribution in [3.05, 3.63) is 16.6 Å². The highest BCUT2D eigenvalue weighted by Gasteiger charge is 2.30. The zero-order chi connectivity index (χ0) is 15.6. The van der Waals surface area contributed by atoms with Gasteiger partial charge in [-0.05, 0) is 40.9 Å². The van der Waals surface area contributed by atoms with Gasteiger partial charge < -0.3 is 15.6 Å². The summed E-state index contributed by atoms with van der Waals surface area (Å²) in [6.45, 7) is 0. The quantitative estimate of drug-likeness (QED) is 0.690. The first-order valence-corrected chi connectivity index (χ1v) is 8.96. The number of methoxy groups -OCH3 is 1. The number of aliphatic hydroxyl groups excluding tert-OH is 1. The molecule has 1 fully saturated rings. The Bertz CT molecular complexity index is 621. The van der Waals surface area contributed by atoms with Crippen LogP contribution >= 0.6 is 15.9 Å². The summed E-state index contributed by atoms with van der Waals surface area (Å²) in [5.41, 5.74) is 6.06. The number of rotatable bonds is 4. The second kappa shape index (κ2) is 6.51. The molecule has 1 saturated carbocycles. The fourth-order valence-corrected chi connectivity index (χ4v) is 4.24. The normalized spacial score (nSPS) is 23.0. The monoisotopic (exact) mass is 378 g/mol. The highest BCUT2D eigenvalue weighted by atomic mass is 79.9. The molecule has 0 unspecified atom stereocenters. The van der Waals surface area contributed by atoms with Gasteiger partial charge in [0, 0.05) is 16.2 Å². The lowest BCUT2D eigenvalue weighted by Crippen LogP contribution is -2.45. The summed E-state index contributed by atoms with van der Waals surface area (Å²) in [4.78, 5) is -0.0246. The summed E-state index contributed by atoms with van der Waals surface area (Å²) < 4.78 is 33.3. The Labute approximate surface area is 132 Å². The largest absolute Gasteiger partial charge is 0.495 e. The first-order chi connectivity index (χ1) is 9.85. The Balaban J connectivity index is 2.33. The number of nitrogen functional groups attached to an aromatic ring is 1. The van der Waals surface area contributed by atoms with Gasteiger partial charge in [-0.1, -0.05) is 12.8 Å². The van der Waals surface area contributed by atoms with Crippen molar-refractivity contribution in [1.29, 1.82) is 0 Å². The van der Waals surface area contributed by atoms with Crippen LogP contribution in [0, 0.1) is 0 Å². The van der Waals surface area contributed by atoms with E-state index >= 15 is 0 Å². The molecule has 4 N–H and O–H groups in total. The van der Waals surface area contributed by atoms with Gasteiger partial charge >= 0.3 is 0 Å². The fourth-order valence-electron chi connectivity index (χ4n) is 2.43. The van der Waals surface area contributed by atoms with Crippen molar-refractivity contribution in [2.24, 2.45) is 0 Å². The van der Waals surface area contributed by atoms with E-state index in [-0.39, 0.29) is 10.6 Å². The van der Waals surface area contributed by atoms with Crippen LogP contribution in [0.25, 0.3) is 0 Å². The standard InChI is InChI=1S/C13H19BrN2O4S/c1-20-12-6-8(14)9(15)7-13(12)21(18,19)16-10-4-2-3-5-11(10)17/h6-7,10-11,16-17H,2-5,15H2,1H3/t10-,11-/m0/s1. The SMILES string of the molecule is COc1cc(Br)c(N)cc1S(=O)(=O)N[C@H]1CCCC[C@@H]1O. The molecule has 0 saturated heterocycles. The molecule has 0 bridgehead atoms. The molecule has 0 aromatic heterocycles. The lowest BCUT2D eigenvalue weighted by Gasteiger charge is -2.28. The topological polar surface area (TPSA) is 102 Å². The summed E-state index contributed by atoms with van der Waals surface area (Å²) >= 11 is 3.24. The summed E-state index contributed by atoms with van der Waals surface area (Å²) in [5, 5.41) is 9.91. The van der Waals surface area contributed by atoms with Crippen LogP contribution in [0.4, 0.5) is 5.69 Å². The second-order valence-corrected chi connectivity index (χ2v) is 7.64. The van der Waals surface area contributed by atoms with Crippen LogP contribution in [-0.2, 0) is 10.0 Å². The molecule has 2 atom stereocenters. The third-order valence-corrected chi connectivity index (χ3v) is 5.81. The van der Waals surface area contributed by atoms with E-state index < -0.39 is 22.2 Å². The first kappa shape index (κ1) is 16.5. The van der Waals surface area contributed by atoms with E-state index in [1.807, 2.05) is 0 Å². The molecule has 0 spiro atoms. The number of aliphatic hydroxyl groups is 1. The molecule has 1 aliphatic carbocycles. The molecule has 0 aliphatic heterocycles. The number of sulfonamides is 1. The predicted octanol–water partition coefficient (Wildman–Crippen LogP) is 1.62. The maximum atomic E-state index is 12.5. The fraction of sp³-hybridized carbons (Fsp3) is 0.538. The number of anilines is 1. The van der Waals surface area contributed by atoms with Gasteiger partial charge in [0.25, 0.3) is 0 Å². The Kier molecular flexibility index (Phi) is 5.13. The minimum Gasteiger partial charge on any atom is -0.495 e. The van der Waals surface area contributed by atoms with Crippen LogP contribution in [0.15, 0.2) is 21.5 Å². The van der Waals surface area contributed by atoms with E-state index in [0.29, 0.717) is 23.0 Å². The maximum absolute atomic E-state index is 12.5. The summed E-state index contributed by atoms with van der Waals surface area (Å²) in [7, 11) is -2.42. The van der Waals surface area contributed by atoms with Gasteiger partial charge in [-0.3, -0.25) is 0 Å². The smallest absolute Gasteiger partial charge is 0.244 e. The Hall–Kier alpha value is -0.830. The number of nitrogens with two attached hydrogens (primary N) is 1. The molecule has 0 radical (unpaired) electrons. The van der Waals surface area contributed by atoms with Crippen LogP contribution in [-0.4, -0.2) is 32.8 Å². The molecule has 2 rings (SSSR count). The maximum Gasteiger partial charge on any atom is 0.244 e. The first-order valence-electron chi connectivity index (χ1n) is 6.68. The molecular weight excluding hydrogens is 360 g/mol. The molecule has 1 aliphatic rings. The number of hydrogen-bond acceptors (Lipinski definition) is 5.